The Kier molecular flexibility index (Phi) is 6.43. The number of carbonyl (C=O) groups excluding carboxylic acids is 1. The molecule has 1 rings (SSSR count). The van der Waals surface area contributed by atoms with E-state index in [1.807, 2.05) is 11.0 Å². The van der Waals surface area contributed by atoms with Crippen molar-refractivity contribution >= 4 is 29.7 Å². The Balaban J connectivity index is 3.07. The van der Waals surface area contributed by atoms with Gasteiger partial charge in [0.15, 0.2) is 0 Å². The Labute approximate surface area is 124 Å². The molecule has 0 aromatic heterocycles. The lowest BCUT2D eigenvalue weighted by atomic mass is 10.2. The zero-order valence-corrected chi connectivity index (χ0v) is 12.0. The number of aliphatic imine (C=N–C) groups is 1. The number of carbonyl (C=O) groups is 1. The molecular weight excluding hydrogens is 266 g/mol. The molecular formula is C15H17N5O. The number of nitrogens with one attached hydrogen (secondary N) is 1. The van der Waals surface area contributed by atoms with E-state index in [2.05, 4.69) is 29.2 Å². The standard InChI is InChI=1S/C15H17N5O/c1-12(21)19-15-11-13(5-6-14(15)18-2)20(9-3-7-16)10-4-8-17/h5-6,11H,2-4,9-10H2,1H3,(H,19,21). The number of hydrogen-bond donors (Lipinski definition) is 1. The molecule has 0 aliphatic carbocycles. The maximum atomic E-state index is 11.2. The second-order valence-electron chi connectivity index (χ2n) is 4.34. The van der Waals surface area contributed by atoms with Gasteiger partial charge in [0.25, 0.3) is 0 Å². The number of amides is 1. The third-order valence-electron chi connectivity index (χ3n) is 2.81. The van der Waals surface area contributed by atoms with Gasteiger partial charge in [0, 0.05) is 25.7 Å². The van der Waals surface area contributed by atoms with Crippen LogP contribution in [0.25, 0.3) is 0 Å². The van der Waals surface area contributed by atoms with Gasteiger partial charge in [0.1, 0.15) is 0 Å². The van der Waals surface area contributed by atoms with Crippen LogP contribution in [0.3, 0.4) is 0 Å². The Morgan fingerprint density at radius 3 is 2.43 bits per heavy atom. The molecule has 0 bridgehead atoms. The van der Waals surface area contributed by atoms with Gasteiger partial charge in [-0.1, -0.05) is 0 Å². The van der Waals surface area contributed by atoms with E-state index >= 15 is 0 Å². The quantitative estimate of drug-likeness (QED) is 0.778. The van der Waals surface area contributed by atoms with E-state index in [4.69, 9.17) is 10.5 Å². The maximum absolute atomic E-state index is 11.2. The number of rotatable bonds is 7. The summed E-state index contributed by atoms with van der Waals surface area (Å²) in [7, 11) is 0. The molecule has 0 aliphatic heterocycles. The molecule has 1 aromatic rings. The van der Waals surface area contributed by atoms with E-state index in [1.165, 1.54) is 6.92 Å². The molecule has 6 nitrogen and oxygen atoms in total. The van der Waals surface area contributed by atoms with Crippen LogP contribution in [0.2, 0.25) is 0 Å². The molecule has 108 valence electrons. The van der Waals surface area contributed by atoms with E-state index in [0.717, 1.165) is 5.69 Å². The van der Waals surface area contributed by atoms with Crippen LogP contribution in [-0.2, 0) is 4.79 Å². The summed E-state index contributed by atoms with van der Waals surface area (Å²) in [6.45, 7) is 5.94. The molecule has 6 heteroatoms. The summed E-state index contributed by atoms with van der Waals surface area (Å²) in [6, 6.07) is 9.55. The largest absolute Gasteiger partial charge is 0.369 e. The molecule has 0 saturated carbocycles. The van der Waals surface area contributed by atoms with Crippen molar-refractivity contribution in [3.63, 3.8) is 0 Å². The summed E-state index contributed by atoms with van der Waals surface area (Å²) in [6.07, 6.45) is 0.727. The van der Waals surface area contributed by atoms with Crippen molar-refractivity contribution in [1.29, 1.82) is 10.5 Å². The lowest BCUT2D eigenvalue weighted by Gasteiger charge is -2.23. The van der Waals surface area contributed by atoms with Crippen molar-refractivity contribution in [2.45, 2.75) is 19.8 Å². The van der Waals surface area contributed by atoms with Crippen LogP contribution in [0.4, 0.5) is 17.1 Å². The topological polar surface area (TPSA) is 92.3 Å². The highest BCUT2D eigenvalue weighted by atomic mass is 16.1. The van der Waals surface area contributed by atoms with E-state index in [0.29, 0.717) is 37.3 Å². The minimum absolute atomic E-state index is 0.197. The second-order valence-corrected chi connectivity index (χ2v) is 4.34. The van der Waals surface area contributed by atoms with Gasteiger partial charge in [-0.25, -0.2) is 0 Å². The molecule has 21 heavy (non-hydrogen) atoms. The maximum Gasteiger partial charge on any atom is 0.221 e. The van der Waals surface area contributed by atoms with Crippen molar-refractivity contribution in [1.82, 2.24) is 0 Å². The number of benzene rings is 1. The molecule has 0 saturated heterocycles. The summed E-state index contributed by atoms with van der Waals surface area (Å²) >= 11 is 0. The molecule has 1 N–H and O–H groups in total. The Morgan fingerprint density at radius 1 is 1.33 bits per heavy atom. The number of anilines is 2. The third kappa shape index (κ3) is 4.96. The first-order valence-corrected chi connectivity index (χ1v) is 6.49. The lowest BCUT2D eigenvalue weighted by Crippen LogP contribution is -2.25. The Morgan fingerprint density at radius 2 is 1.95 bits per heavy atom. The van der Waals surface area contributed by atoms with Crippen molar-refractivity contribution in [2.24, 2.45) is 4.99 Å². The first-order chi connectivity index (χ1) is 10.1. The Bertz CT molecular complexity index is 579. The molecule has 0 spiro atoms. The molecule has 1 aromatic carbocycles. The van der Waals surface area contributed by atoms with Crippen LogP contribution >= 0.6 is 0 Å². The SMILES string of the molecule is C=Nc1ccc(N(CCC#N)CCC#N)cc1NC(C)=O. The van der Waals surface area contributed by atoms with Crippen molar-refractivity contribution in [3.8, 4) is 12.1 Å². The molecule has 0 radical (unpaired) electrons. The van der Waals surface area contributed by atoms with E-state index < -0.39 is 0 Å². The van der Waals surface area contributed by atoms with Crippen LogP contribution in [0.1, 0.15) is 19.8 Å². The molecule has 0 unspecified atom stereocenters. The van der Waals surface area contributed by atoms with Crippen LogP contribution in [-0.4, -0.2) is 25.7 Å². The smallest absolute Gasteiger partial charge is 0.221 e. The molecule has 0 aliphatic rings. The molecule has 0 heterocycles. The normalized spacial score (nSPS) is 9.29. The van der Waals surface area contributed by atoms with Crippen LogP contribution in [0.5, 0.6) is 0 Å². The van der Waals surface area contributed by atoms with Crippen molar-refractivity contribution in [2.75, 3.05) is 23.3 Å². The first kappa shape index (κ1) is 16.2. The lowest BCUT2D eigenvalue weighted by molar-refractivity contribution is -0.114. The zero-order valence-electron chi connectivity index (χ0n) is 12.0. The summed E-state index contributed by atoms with van der Waals surface area (Å²) in [5.41, 5.74) is 1.97. The fourth-order valence-corrected chi connectivity index (χ4v) is 1.89. The number of hydrogen-bond acceptors (Lipinski definition) is 5. The van der Waals surface area contributed by atoms with Gasteiger partial charge in [0.2, 0.25) is 5.91 Å². The highest BCUT2D eigenvalue weighted by Gasteiger charge is 2.10. The average molecular weight is 283 g/mol. The van der Waals surface area contributed by atoms with Crippen LogP contribution < -0.4 is 10.2 Å². The monoisotopic (exact) mass is 283 g/mol. The van der Waals surface area contributed by atoms with Gasteiger partial charge in [-0.05, 0) is 24.9 Å². The summed E-state index contributed by atoms with van der Waals surface area (Å²) in [5, 5.41) is 20.1. The minimum Gasteiger partial charge on any atom is -0.369 e. The predicted molar refractivity (Wildman–Crippen MR) is 82.6 cm³/mol. The minimum atomic E-state index is -0.197. The summed E-state index contributed by atoms with van der Waals surface area (Å²) in [4.78, 5) is 17.0. The van der Waals surface area contributed by atoms with Gasteiger partial charge in [0.05, 0.1) is 36.4 Å². The highest BCUT2D eigenvalue weighted by molar-refractivity contribution is 5.93. The van der Waals surface area contributed by atoms with Gasteiger partial charge in [-0.2, -0.15) is 10.5 Å². The summed E-state index contributed by atoms with van der Waals surface area (Å²) in [5.74, 6) is -0.197. The zero-order chi connectivity index (χ0) is 15.7. The van der Waals surface area contributed by atoms with E-state index in [-0.39, 0.29) is 5.91 Å². The Hall–Kier alpha value is -2.86. The molecule has 0 atom stereocenters. The number of nitrogens with zero attached hydrogens (tertiary/aromatic N) is 4. The fourth-order valence-electron chi connectivity index (χ4n) is 1.89. The predicted octanol–water partition coefficient (Wildman–Crippen LogP) is 2.61. The van der Waals surface area contributed by atoms with E-state index in [9.17, 15) is 4.79 Å². The first-order valence-electron chi connectivity index (χ1n) is 6.49. The van der Waals surface area contributed by atoms with Gasteiger partial charge < -0.3 is 10.2 Å². The van der Waals surface area contributed by atoms with Gasteiger partial charge in [-0.15, -0.1) is 0 Å². The fraction of sp³-hybridized carbons (Fsp3) is 0.333. The van der Waals surface area contributed by atoms with Crippen LogP contribution in [0, 0.1) is 22.7 Å². The highest BCUT2D eigenvalue weighted by Crippen LogP contribution is 2.30. The second kappa shape index (κ2) is 8.34. The van der Waals surface area contributed by atoms with Crippen LogP contribution in [0.15, 0.2) is 23.2 Å². The van der Waals surface area contributed by atoms with Crippen molar-refractivity contribution < 1.29 is 4.79 Å². The molecule has 1 amide bonds. The third-order valence-corrected chi connectivity index (χ3v) is 2.81. The van der Waals surface area contributed by atoms with Gasteiger partial charge in [-0.3, -0.25) is 9.79 Å². The molecule has 0 fully saturated rings. The number of nitriles is 2. The average Bonchev–Trinajstić information content (AvgIpc) is 2.47. The van der Waals surface area contributed by atoms with Gasteiger partial charge >= 0.3 is 0 Å². The van der Waals surface area contributed by atoms with E-state index in [1.54, 1.807) is 12.1 Å². The van der Waals surface area contributed by atoms with Crippen molar-refractivity contribution in [3.05, 3.63) is 18.2 Å². The summed E-state index contributed by atoms with van der Waals surface area (Å²) < 4.78 is 0.